The smallest absolute Gasteiger partial charge is 0.258 e. The van der Waals surface area contributed by atoms with Gasteiger partial charge in [-0.3, -0.25) is 4.79 Å². The Kier molecular flexibility index (Phi) is 7.30. The lowest BCUT2D eigenvalue weighted by atomic mass is 9.98. The first-order valence-corrected chi connectivity index (χ1v) is 12.7. The average molecular weight is 491 g/mol. The molecule has 9 nitrogen and oxygen atoms in total. The van der Waals surface area contributed by atoms with Crippen molar-refractivity contribution in [1.29, 1.82) is 0 Å². The predicted octanol–water partition coefficient (Wildman–Crippen LogP) is 2.32. The second kappa shape index (κ2) is 10.2. The first-order valence-electron chi connectivity index (χ1n) is 11.3. The van der Waals surface area contributed by atoms with Gasteiger partial charge < -0.3 is 23.8 Å². The first kappa shape index (κ1) is 24.3. The van der Waals surface area contributed by atoms with E-state index in [2.05, 4.69) is 0 Å². The van der Waals surface area contributed by atoms with Gasteiger partial charge in [0, 0.05) is 32.2 Å². The lowest BCUT2D eigenvalue weighted by molar-refractivity contribution is 0.0725. The zero-order valence-corrected chi connectivity index (χ0v) is 20.5. The van der Waals surface area contributed by atoms with Gasteiger partial charge in [-0.15, -0.1) is 0 Å². The molecule has 0 N–H and O–H groups in total. The maximum absolute atomic E-state index is 13.7. The van der Waals surface area contributed by atoms with E-state index < -0.39 is 10.0 Å². The molecular weight excluding hydrogens is 460 g/mol. The number of ether oxygens (including phenoxy) is 4. The number of carbonyl (C=O) groups excluding carboxylic acids is 1. The van der Waals surface area contributed by atoms with Crippen LogP contribution in [0.3, 0.4) is 0 Å². The van der Waals surface area contributed by atoms with Crippen LogP contribution in [0, 0.1) is 0 Å². The molecular formula is C24H30N2O7S. The van der Waals surface area contributed by atoms with Crippen molar-refractivity contribution in [2.24, 2.45) is 0 Å². The van der Waals surface area contributed by atoms with Crippen LogP contribution in [-0.4, -0.2) is 77.2 Å². The number of methoxy groups -OCH3 is 2. The minimum atomic E-state index is -3.84. The topological polar surface area (TPSA) is 94.6 Å². The maximum atomic E-state index is 13.7. The molecule has 2 aliphatic heterocycles. The molecule has 0 atom stereocenters. The Hall–Kier alpha value is -2.82. The fourth-order valence-electron chi connectivity index (χ4n) is 4.32. The molecule has 2 aromatic carbocycles. The van der Waals surface area contributed by atoms with E-state index in [1.54, 1.807) is 4.90 Å². The molecule has 34 heavy (non-hydrogen) atoms. The molecule has 0 radical (unpaired) electrons. The van der Waals surface area contributed by atoms with Gasteiger partial charge in [-0.05, 0) is 42.7 Å². The summed E-state index contributed by atoms with van der Waals surface area (Å²) in [6.07, 6.45) is 0.693. The number of hydrogen-bond acceptors (Lipinski definition) is 7. The van der Waals surface area contributed by atoms with Crippen molar-refractivity contribution in [3.05, 3.63) is 47.0 Å². The summed E-state index contributed by atoms with van der Waals surface area (Å²) in [5, 5.41) is 0. The number of morpholine rings is 1. The minimum absolute atomic E-state index is 0.00792. The molecule has 0 unspecified atom stereocenters. The predicted molar refractivity (Wildman–Crippen MR) is 125 cm³/mol. The fraction of sp³-hybridized carbons (Fsp3) is 0.458. The van der Waals surface area contributed by atoms with Gasteiger partial charge in [0.25, 0.3) is 5.91 Å². The molecule has 1 fully saturated rings. The zero-order chi connectivity index (χ0) is 24.3. The van der Waals surface area contributed by atoms with Crippen molar-refractivity contribution < 1.29 is 32.2 Å². The molecule has 0 spiro atoms. The van der Waals surface area contributed by atoms with Gasteiger partial charge in [0.05, 0.1) is 44.5 Å². The molecule has 2 heterocycles. The molecule has 0 aliphatic carbocycles. The van der Waals surface area contributed by atoms with E-state index >= 15 is 0 Å². The summed E-state index contributed by atoms with van der Waals surface area (Å²) in [5.74, 6) is 0.841. The van der Waals surface area contributed by atoms with Crippen LogP contribution in [0.2, 0.25) is 0 Å². The van der Waals surface area contributed by atoms with Gasteiger partial charge in [-0.2, -0.15) is 4.31 Å². The van der Waals surface area contributed by atoms with Crippen LogP contribution in [0.1, 0.15) is 28.4 Å². The van der Waals surface area contributed by atoms with Crippen molar-refractivity contribution in [2.75, 3.05) is 53.7 Å². The van der Waals surface area contributed by atoms with Crippen molar-refractivity contribution in [1.82, 2.24) is 9.21 Å². The number of fused-ring (bicyclic) bond motifs is 1. The molecule has 1 saturated heterocycles. The highest BCUT2D eigenvalue weighted by Gasteiger charge is 2.32. The third-order valence-electron chi connectivity index (χ3n) is 6.08. The molecule has 2 aromatic rings. The number of nitrogens with zero attached hydrogens (tertiary/aromatic N) is 2. The summed E-state index contributed by atoms with van der Waals surface area (Å²) in [6, 6.07) is 8.71. The third kappa shape index (κ3) is 4.70. The Labute approximate surface area is 200 Å². The van der Waals surface area contributed by atoms with Gasteiger partial charge in [-0.1, -0.05) is 6.07 Å². The molecule has 0 aromatic heterocycles. The molecule has 2 aliphatic rings. The number of carbonyl (C=O) groups is 1. The number of rotatable bonds is 7. The van der Waals surface area contributed by atoms with E-state index in [0.29, 0.717) is 39.3 Å². The number of amides is 1. The van der Waals surface area contributed by atoms with Crippen LogP contribution in [0.15, 0.2) is 35.2 Å². The van der Waals surface area contributed by atoms with Gasteiger partial charge in [0.1, 0.15) is 5.75 Å². The molecule has 0 saturated carbocycles. The summed E-state index contributed by atoms with van der Waals surface area (Å²) in [4.78, 5) is 15.3. The second-order valence-corrected chi connectivity index (χ2v) is 10.0. The Bertz CT molecular complexity index is 1160. The monoisotopic (exact) mass is 490 g/mol. The van der Waals surface area contributed by atoms with Crippen LogP contribution < -0.4 is 14.2 Å². The largest absolute Gasteiger partial charge is 0.494 e. The quantitative estimate of drug-likeness (QED) is 0.588. The van der Waals surface area contributed by atoms with E-state index in [0.717, 1.165) is 11.3 Å². The highest BCUT2D eigenvalue weighted by Crippen LogP contribution is 2.37. The highest BCUT2D eigenvalue weighted by atomic mass is 32.2. The summed E-state index contributed by atoms with van der Waals surface area (Å²) >= 11 is 0. The minimum Gasteiger partial charge on any atom is -0.494 e. The Balaban J connectivity index is 1.69. The Morgan fingerprint density at radius 3 is 2.47 bits per heavy atom. The van der Waals surface area contributed by atoms with Crippen LogP contribution in [0.4, 0.5) is 0 Å². The van der Waals surface area contributed by atoms with Gasteiger partial charge in [0.15, 0.2) is 11.5 Å². The third-order valence-corrected chi connectivity index (χ3v) is 7.96. The molecule has 184 valence electrons. The van der Waals surface area contributed by atoms with Gasteiger partial charge >= 0.3 is 0 Å². The number of sulfonamides is 1. The summed E-state index contributed by atoms with van der Waals surface area (Å²) < 4.78 is 49.8. The van der Waals surface area contributed by atoms with Gasteiger partial charge in [-0.25, -0.2) is 8.42 Å². The SMILES string of the molecule is CCOc1ccc2c(c1)CN(C(=O)c1cc(S(=O)(=O)N3CCOCC3)cc(OC)c1OC)CC2. The first-order chi connectivity index (χ1) is 16.4. The molecule has 1 amide bonds. The molecule has 0 bridgehead atoms. The van der Waals surface area contributed by atoms with Crippen LogP contribution in [0.25, 0.3) is 0 Å². The van der Waals surface area contributed by atoms with E-state index in [1.165, 1.54) is 36.2 Å². The number of benzene rings is 2. The Morgan fingerprint density at radius 1 is 1.03 bits per heavy atom. The summed E-state index contributed by atoms with van der Waals surface area (Å²) in [5.41, 5.74) is 2.33. The van der Waals surface area contributed by atoms with Crippen molar-refractivity contribution >= 4 is 15.9 Å². The normalized spacial score (nSPS) is 16.6. The van der Waals surface area contributed by atoms with E-state index in [1.807, 2.05) is 25.1 Å². The van der Waals surface area contributed by atoms with Crippen LogP contribution in [0.5, 0.6) is 17.2 Å². The van der Waals surface area contributed by atoms with E-state index in [-0.39, 0.29) is 41.0 Å². The summed E-state index contributed by atoms with van der Waals surface area (Å²) in [6.45, 7) is 4.54. The van der Waals surface area contributed by atoms with Crippen LogP contribution in [-0.2, 0) is 27.7 Å². The molecule has 4 rings (SSSR count). The zero-order valence-electron chi connectivity index (χ0n) is 19.7. The average Bonchev–Trinajstić information content (AvgIpc) is 2.87. The molecule has 10 heteroatoms. The maximum Gasteiger partial charge on any atom is 0.258 e. The van der Waals surface area contributed by atoms with E-state index in [4.69, 9.17) is 18.9 Å². The van der Waals surface area contributed by atoms with E-state index in [9.17, 15) is 13.2 Å². The van der Waals surface area contributed by atoms with Crippen molar-refractivity contribution in [3.63, 3.8) is 0 Å². The van der Waals surface area contributed by atoms with Gasteiger partial charge in [0.2, 0.25) is 10.0 Å². The van der Waals surface area contributed by atoms with Crippen molar-refractivity contribution in [2.45, 2.75) is 24.8 Å². The highest BCUT2D eigenvalue weighted by molar-refractivity contribution is 7.89. The lowest BCUT2D eigenvalue weighted by Gasteiger charge is -2.30. The fourth-order valence-corrected chi connectivity index (χ4v) is 5.77. The lowest BCUT2D eigenvalue weighted by Crippen LogP contribution is -2.40. The summed E-state index contributed by atoms with van der Waals surface area (Å²) in [7, 11) is -0.981. The standard InChI is InChI=1S/C24H30N2O7S/c1-4-33-19-6-5-17-7-8-25(16-18(17)13-19)24(27)21-14-20(15-22(30-2)23(21)31-3)34(28,29)26-9-11-32-12-10-26/h5-6,13-15H,4,7-12,16H2,1-3H3. The Morgan fingerprint density at radius 2 is 1.79 bits per heavy atom. The van der Waals surface area contributed by atoms with Crippen LogP contribution >= 0.6 is 0 Å². The number of hydrogen-bond donors (Lipinski definition) is 0. The van der Waals surface area contributed by atoms with Crippen molar-refractivity contribution in [3.8, 4) is 17.2 Å². The second-order valence-electron chi connectivity index (χ2n) is 8.06.